The maximum absolute atomic E-state index is 12.3. The largest absolute Gasteiger partial charge is 0.444 e. The predicted molar refractivity (Wildman–Crippen MR) is 112 cm³/mol. The van der Waals surface area contributed by atoms with Crippen LogP contribution in [0, 0.1) is 5.92 Å². The smallest absolute Gasteiger partial charge is 0.410 e. The van der Waals surface area contributed by atoms with E-state index in [0.29, 0.717) is 12.0 Å². The number of likely N-dealkylation sites (tertiary alicyclic amines) is 1. The maximum Gasteiger partial charge on any atom is 0.410 e. The first kappa shape index (κ1) is 21.4. The molecule has 0 aromatic carbocycles. The molecule has 162 valence electrons. The van der Waals surface area contributed by atoms with E-state index in [1.165, 1.54) is 0 Å². The van der Waals surface area contributed by atoms with Crippen molar-refractivity contribution in [1.29, 1.82) is 0 Å². The number of ether oxygens (including phenoxy) is 1. The highest BCUT2D eigenvalue weighted by Gasteiger charge is 2.27. The van der Waals surface area contributed by atoms with E-state index in [2.05, 4.69) is 25.7 Å². The number of aliphatic imine (C=N–C) groups is 1. The van der Waals surface area contributed by atoms with Crippen LogP contribution >= 0.6 is 0 Å². The fraction of sp³-hybridized carbons (Fsp3) is 0.800. The third-order valence-corrected chi connectivity index (χ3v) is 5.39. The summed E-state index contributed by atoms with van der Waals surface area (Å²) in [5.41, 5.74) is -0.449. The first-order valence-electron chi connectivity index (χ1n) is 10.7. The van der Waals surface area contributed by atoms with Crippen LogP contribution < -0.4 is 10.6 Å². The molecule has 1 amide bonds. The molecule has 1 fully saturated rings. The van der Waals surface area contributed by atoms with Gasteiger partial charge in [0.15, 0.2) is 5.96 Å². The summed E-state index contributed by atoms with van der Waals surface area (Å²) in [6.45, 7) is 8.91. The molecule has 3 heterocycles. The lowest BCUT2D eigenvalue weighted by atomic mass is 9.95. The van der Waals surface area contributed by atoms with Crippen molar-refractivity contribution >= 4 is 12.1 Å². The van der Waals surface area contributed by atoms with Crippen LogP contribution in [-0.4, -0.2) is 70.0 Å². The fourth-order valence-electron chi connectivity index (χ4n) is 3.93. The number of fused-ring (bicyclic) bond motifs is 1. The molecule has 1 aromatic rings. The van der Waals surface area contributed by atoms with Crippen molar-refractivity contribution in [3.8, 4) is 0 Å². The van der Waals surface area contributed by atoms with E-state index in [9.17, 15) is 4.79 Å². The van der Waals surface area contributed by atoms with Gasteiger partial charge in [-0.15, -0.1) is 0 Å². The van der Waals surface area contributed by atoms with Crippen LogP contribution in [0.2, 0.25) is 0 Å². The van der Waals surface area contributed by atoms with Crippen LogP contribution in [0.4, 0.5) is 4.79 Å². The summed E-state index contributed by atoms with van der Waals surface area (Å²) in [5, 5.41) is 11.2. The minimum Gasteiger partial charge on any atom is -0.444 e. The average Bonchev–Trinajstić information content (AvgIpc) is 3.14. The summed E-state index contributed by atoms with van der Waals surface area (Å²) in [6.07, 6.45) is 6.54. The summed E-state index contributed by atoms with van der Waals surface area (Å²) < 4.78 is 7.48. The number of piperidine rings is 1. The molecular weight excluding hydrogens is 370 g/mol. The molecule has 2 N–H and O–H groups in total. The number of carbonyl (C=O) groups is 1. The second-order valence-corrected chi connectivity index (χ2v) is 8.96. The van der Waals surface area contributed by atoms with Crippen LogP contribution in [0.15, 0.2) is 11.3 Å². The number of hydrogen-bond acceptors (Lipinski definition) is 5. The number of carbonyl (C=O) groups excluding carboxylic acids is 1. The first-order chi connectivity index (χ1) is 13.8. The molecule has 0 bridgehead atoms. The summed E-state index contributed by atoms with van der Waals surface area (Å²) in [7, 11) is 1.80. The molecule has 0 spiro atoms. The van der Waals surface area contributed by atoms with Crippen molar-refractivity contribution in [2.24, 2.45) is 10.9 Å². The molecule has 3 rings (SSSR count). The number of aryl methyl sites for hydroxylation is 1. The molecule has 0 saturated carbocycles. The number of hydrogen-bond donors (Lipinski definition) is 2. The highest BCUT2D eigenvalue weighted by atomic mass is 16.6. The van der Waals surface area contributed by atoms with Gasteiger partial charge in [-0.25, -0.2) is 14.5 Å². The van der Waals surface area contributed by atoms with Crippen LogP contribution in [0.1, 0.15) is 52.3 Å². The van der Waals surface area contributed by atoms with Crippen molar-refractivity contribution in [2.75, 3.05) is 26.7 Å². The molecule has 29 heavy (non-hydrogen) atoms. The van der Waals surface area contributed by atoms with Gasteiger partial charge in [0.05, 0.1) is 6.54 Å². The Morgan fingerprint density at radius 2 is 2.17 bits per heavy atom. The fourth-order valence-corrected chi connectivity index (χ4v) is 3.93. The van der Waals surface area contributed by atoms with Gasteiger partial charge < -0.3 is 20.3 Å². The van der Waals surface area contributed by atoms with Crippen LogP contribution in [0.5, 0.6) is 0 Å². The molecule has 1 saturated heterocycles. The Labute approximate surface area is 173 Å². The van der Waals surface area contributed by atoms with Gasteiger partial charge in [-0.3, -0.25) is 4.99 Å². The Balaban J connectivity index is 1.40. The molecule has 0 aliphatic carbocycles. The van der Waals surface area contributed by atoms with E-state index < -0.39 is 5.60 Å². The van der Waals surface area contributed by atoms with Gasteiger partial charge in [0.1, 0.15) is 17.8 Å². The third kappa shape index (κ3) is 6.33. The minimum atomic E-state index is -0.449. The quantitative estimate of drug-likeness (QED) is 0.586. The molecule has 9 heteroatoms. The number of amides is 1. The standard InChI is InChI=1S/C20H35N7O2/c1-20(2,3)29-19(28)26-11-5-6-15(12-26)9-10-22-18(21-4)25-16-7-8-17-23-14-24-27(17)13-16/h14-16H,5-13H2,1-4H3,(H2,21,22,25). The van der Waals surface area contributed by atoms with Gasteiger partial charge in [-0.2, -0.15) is 5.10 Å². The van der Waals surface area contributed by atoms with E-state index in [1.807, 2.05) is 30.4 Å². The monoisotopic (exact) mass is 405 g/mol. The Bertz CT molecular complexity index is 710. The third-order valence-electron chi connectivity index (χ3n) is 5.39. The number of guanidine groups is 1. The van der Waals surface area contributed by atoms with Gasteiger partial charge in [0, 0.05) is 39.1 Å². The zero-order chi connectivity index (χ0) is 20.9. The molecule has 0 radical (unpaired) electrons. The van der Waals surface area contributed by atoms with Gasteiger partial charge in [-0.1, -0.05) is 0 Å². The zero-order valence-electron chi connectivity index (χ0n) is 18.1. The van der Waals surface area contributed by atoms with E-state index >= 15 is 0 Å². The zero-order valence-corrected chi connectivity index (χ0v) is 18.1. The Morgan fingerprint density at radius 3 is 2.93 bits per heavy atom. The SMILES string of the molecule is CN=C(NCCC1CCCN(C(=O)OC(C)(C)C)C1)NC1CCc2ncnn2C1. The van der Waals surface area contributed by atoms with Gasteiger partial charge >= 0.3 is 6.09 Å². The molecular formula is C20H35N7O2. The van der Waals surface area contributed by atoms with E-state index in [4.69, 9.17) is 4.74 Å². The molecule has 2 unspecified atom stereocenters. The van der Waals surface area contributed by atoms with Crippen molar-refractivity contribution in [3.05, 3.63) is 12.2 Å². The van der Waals surface area contributed by atoms with E-state index in [0.717, 1.165) is 70.1 Å². The molecule has 2 atom stereocenters. The second-order valence-electron chi connectivity index (χ2n) is 8.96. The van der Waals surface area contributed by atoms with E-state index in [1.54, 1.807) is 13.4 Å². The normalized spacial score (nSPS) is 22.8. The topological polar surface area (TPSA) is 96.7 Å². The second kappa shape index (κ2) is 9.45. The number of rotatable bonds is 4. The first-order valence-corrected chi connectivity index (χ1v) is 10.7. The maximum atomic E-state index is 12.3. The number of nitrogens with one attached hydrogen (secondary N) is 2. The highest BCUT2D eigenvalue weighted by molar-refractivity contribution is 5.79. The van der Waals surface area contributed by atoms with Gasteiger partial charge in [0.25, 0.3) is 0 Å². The van der Waals surface area contributed by atoms with Crippen molar-refractivity contribution in [3.63, 3.8) is 0 Å². The van der Waals surface area contributed by atoms with Gasteiger partial charge in [0.2, 0.25) is 0 Å². The summed E-state index contributed by atoms with van der Waals surface area (Å²) in [5.74, 6) is 2.35. The molecule has 9 nitrogen and oxygen atoms in total. The van der Waals surface area contributed by atoms with Crippen molar-refractivity contribution in [1.82, 2.24) is 30.3 Å². The predicted octanol–water partition coefficient (Wildman–Crippen LogP) is 1.80. The Hall–Kier alpha value is -2.32. The lowest BCUT2D eigenvalue weighted by Crippen LogP contribution is -2.48. The van der Waals surface area contributed by atoms with Crippen LogP contribution in [0.25, 0.3) is 0 Å². The van der Waals surface area contributed by atoms with Crippen molar-refractivity contribution < 1.29 is 9.53 Å². The Kier molecular flexibility index (Phi) is 6.97. The minimum absolute atomic E-state index is 0.197. The molecule has 2 aliphatic rings. The Morgan fingerprint density at radius 1 is 1.34 bits per heavy atom. The van der Waals surface area contributed by atoms with E-state index in [-0.39, 0.29) is 6.09 Å². The summed E-state index contributed by atoms with van der Waals surface area (Å²) >= 11 is 0. The summed E-state index contributed by atoms with van der Waals surface area (Å²) in [6, 6.07) is 0.299. The van der Waals surface area contributed by atoms with Crippen LogP contribution in [0.3, 0.4) is 0 Å². The molecule has 2 aliphatic heterocycles. The molecule has 1 aromatic heterocycles. The van der Waals surface area contributed by atoms with Crippen LogP contribution in [-0.2, 0) is 17.7 Å². The lowest BCUT2D eigenvalue weighted by Gasteiger charge is -2.34. The number of nitrogens with zero attached hydrogens (tertiary/aromatic N) is 5. The average molecular weight is 406 g/mol. The van der Waals surface area contributed by atoms with Gasteiger partial charge in [-0.05, 0) is 52.4 Å². The highest BCUT2D eigenvalue weighted by Crippen LogP contribution is 2.21. The summed E-state index contributed by atoms with van der Waals surface area (Å²) in [4.78, 5) is 22.8. The lowest BCUT2D eigenvalue weighted by molar-refractivity contribution is 0.0162. The number of aromatic nitrogens is 3. The van der Waals surface area contributed by atoms with Crippen molar-refractivity contribution in [2.45, 2.75) is 71.1 Å².